The molecule has 0 aliphatic rings. The van der Waals surface area contributed by atoms with Crippen molar-refractivity contribution in [3.05, 3.63) is 71.6 Å². The van der Waals surface area contributed by atoms with E-state index in [-0.39, 0.29) is 4.90 Å². The molecule has 2 aromatic rings. The third kappa shape index (κ3) is 3.64. The zero-order valence-electron chi connectivity index (χ0n) is 12.3. The molecule has 0 bridgehead atoms. The molecule has 0 fully saturated rings. The molecule has 1 atom stereocenters. The molecule has 0 aromatic heterocycles. The predicted octanol–water partition coefficient (Wildman–Crippen LogP) is 3.74. The van der Waals surface area contributed by atoms with Gasteiger partial charge in [-0.25, -0.2) is 4.21 Å². The van der Waals surface area contributed by atoms with E-state index >= 15 is 0 Å². The number of hydrogen-bond acceptors (Lipinski definition) is 3. The van der Waals surface area contributed by atoms with Crippen LogP contribution in [0.5, 0.6) is 0 Å². The van der Waals surface area contributed by atoms with Crippen molar-refractivity contribution in [1.82, 2.24) is 0 Å². The highest BCUT2D eigenvalue weighted by atomic mass is 32.3. The van der Waals surface area contributed by atoms with Crippen molar-refractivity contribution in [1.29, 1.82) is 0 Å². The fourth-order valence-corrected chi connectivity index (χ4v) is 5.45. The van der Waals surface area contributed by atoms with Crippen molar-refractivity contribution in [3.8, 4) is 0 Å². The van der Waals surface area contributed by atoms with Crippen molar-refractivity contribution in [2.24, 2.45) is 3.77 Å². The molecule has 0 spiro atoms. The van der Waals surface area contributed by atoms with Gasteiger partial charge in [0.25, 0.3) is 10.0 Å². The second kappa shape index (κ2) is 6.46. The minimum Gasteiger partial charge on any atom is -0.239 e. The maximum atomic E-state index is 13.0. The van der Waals surface area contributed by atoms with E-state index in [1.54, 1.807) is 55.5 Å². The Balaban J connectivity index is 2.65. The highest BCUT2D eigenvalue weighted by molar-refractivity contribution is 8.05. The highest BCUT2D eigenvalue weighted by Gasteiger charge is 2.18. The zero-order valence-corrected chi connectivity index (χ0v) is 14.0. The van der Waals surface area contributed by atoms with E-state index in [2.05, 4.69) is 3.77 Å². The minimum absolute atomic E-state index is 0.0336. The van der Waals surface area contributed by atoms with Gasteiger partial charge in [-0.1, -0.05) is 45.7 Å². The molecular formula is C16H17NO3S2. The molecule has 0 aliphatic heterocycles. The van der Waals surface area contributed by atoms with Crippen LogP contribution in [0.2, 0.25) is 0 Å². The van der Waals surface area contributed by atoms with Crippen molar-refractivity contribution >= 4 is 19.8 Å². The molecule has 0 aliphatic carbocycles. The summed E-state index contributed by atoms with van der Waals surface area (Å²) in [5, 5.41) is 1.33. The summed E-state index contributed by atoms with van der Waals surface area (Å²) < 4.78 is 41.6. The molecule has 116 valence electrons. The van der Waals surface area contributed by atoms with E-state index in [4.69, 9.17) is 0 Å². The van der Waals surface area contributed by atoms with Gasteiger partial charge in [0.15, 0.2) is 0 Å². The van der Waals surface area contributed by atoms with Crippen molar-refractivity contribution in [2.75, 3.05) is 0 Å². The maximum Gasteiger partial charge on any atom is 0.290 e. The zero-order chi connectivity index (χ0) is 16.2. The van der Waals surface area contributed by atoms with Crippen LogP contribution in [0.15, 0.2) is 79.6 Å². The van der Waals surface area contributed by atoms with E-state index in [9.17, 15) is 12.6 Å². The number of hydrogen-bond donors (Lipinski definition) is 0. The van der Waals surface area contributed by atoms with Gasteiger partial charge in [-0.05, 0) is 38.1 Å². The lowest BCUT2D eigenvalue weighted by molar-refractivity contribution is 0.598. The van der Waals surface area contributed by atoms with Crippen LogP contribution in [0, 0.1) is 6.92 Å². The summed E-state index contributed by atoms with van der Waals surface area (Å²) in [6.45, 7) is 3.54. The smallest absolute Gasteiger partial charge is 0.239 e. The first-order valence-corrected chi connectivity index (χ1v) is 9.67. The van der Waals surface area contributed by atoms with Gasteiger partial charge >= 0.3 is 0 Å². The minimum atomic E-state index is -4.01. The lowest BCUT2D eigenvalue weighted by atomic mass is 10.2. The van der Waals surface area contributed by atoms with Gasteiger partial charge in [0.1, 0.15) is 9.73 Å². The van der Waals surface area contributed by atoms with Crippen LogP contribution in [-0.2, 0) is 19.8 Å². The number of aryl methyl sites for hydroxylation is 1. The van der Waals surface area contributed by atoms with Crippen LogP contribution in [0.1, 0.15) is 12.5 Å². The molecule has 2 rings (SSSR count). The van der Waals surface area contributed by atoms with Crippen molar-refractivity contribution in [3.63, 3.8) is 0 Å². The molecule has 2 aromatic carbocycles. The number of allylic oxidation sites excluding steroid dienone is 1. The summed E-state index contributed by atoms with van der Waals surface area (Å²) in [7, 11) is -7.18. The van der Waals surface area contributed by atoms with Crippen molar-refractivity contribution in [2.45, 2.75) is 23.6 Å². The fourth-order valence-electron chi connectivity index (χ4n) is 1.85. The Hall–Kier alpha value is -1.92. The van der Waals surface area contributed by atoms with Gasteiger partial charge in [-0.2, -0.15) is 8.42 Å². The normalized spacial score (nSPS) is 14.6. The summed E-state index contributed by atoms with van der Waals surface area (Å²) in [4.78, 5) is 0.398. The second-order valence-corrected chi connectivity index (χ2v) is 8.61. The van der Waals surface area contributed by atoms with Crippen LogP contribution in [-0.4, -0.2) is 12.6 Å². The molecule has 1 unspecified atom stereocenters. The summed E-state index contributed by atoms with van der Waals surface area (Å²) in [6.07, 6.45) is 1.55. The maximum absolute atomic E-state index is 13.0. The first kappa shape index (κ1) is 16.5. The molecule has 0 saturated heterocycles. The Morgan fingerprint density at radius 2 is 1.45 bits per heavy atom. The van der Waals surface area contributed by atoms with Crippen LogP contribution in [0.3, 0.4) is 0 Å². The first-order valence-electron chi connectivity index (χ1n) is 6.65. The molecule has 4 nitrogen and oxygen atoms in total. The van der Waals surface area contributed by atoms with Crippen molar-refractivity contribution < 1.29 is 12.6 Å². The standard InChI is InChI=1S/C16H17NO3S2/c1-3-13-21(18,15-7-5-4-6-8-15)17-22(19,20)16-11-9-14(2)10-12-16/h3-13H,1-2H3/b13-3+. The number of sulfonamides is 1. The Kier molecular flexibility index (Phi) is 4.83. The number of nitrogens with zero attached hydrogens (tertiary/aromatic N) is 1. The third-order valence-corrected chi connectivity index (χ3v) is 7.06. The molecule has 0 amide bonds. The van der Waals surface area contributed by atoms with Gasteiger partial charge in [0.2, 0.25) is 0 Å². The van der Waals surface area contributed by atoms with E-state index in [0.29, 0.717) is 4.90 Å². The summed E-state index contributed by atoms with van der Waals surface area (Å²) in [5.41, 5.74) is 0.941. The average Bonchev–Trinajstić information content (AvgIpc) is 2.48. The molecule has 0 N–H and O–H groups in total. The number of benzene rings is 2. The van der Waals surface area contributed by atoms with Crippen LogP contribution in [0.4, 0.5) is 0 Å². The molecular weight excluding hydrogens is 318 g/mol. The lowest BCUT2D eigenvalue weighted by Gasteiger charge is -2.06. The molecule has 6 heteroatoms. The van der Waals surface area contributed by atoms with E-state index in [1.165, 1.54) is 17.5 Å². The monoisotopic (exact) mass is 335 g/mol. The van der Waals surface area contributed by atoms with Gasteiger partial charge < -0.3 is 0 Å². The summed E-state index contributed by atoms with van der Waals surface area (Å²) in [6, 6.07) is 14.7. The Bertz CT molecular complexity index is 890. The fraction of sp³-hybridized carbons (Fsp3) is 0.125. The molecule has 0 saturated carbocycles. The quantitative estimate of drug-likeness (QED) is 0.855. The Labute approximate surface area is 131 Å². The van der Waals surface area contributed by atoms with Gasteiger partial charge in [-0.3, -0.25) is 0 Å². The van der Waals surface area contributed by atoms with Gasteiger partial charge in [0, 0.05) is 5.41 Å². The largest absolute Gasteiger partial charge is 0.290 e. The summed E-state index contributed by atoms with van der Waals surface area (Å²) in [5.74, 6) is 0. The van der Waals surface area contributed by atoms with Crippen LogP contribution in [0.25, 0.3) is 0 Å². The lowest BCUT2D eigenvalue weighted by Crippen LogP contribution is -2.04. The van der Waals surface area contributed by atoms with Gasteiger partial charge in [-0.15, -0.1) is 0 Å². The van der Waals surface area contributed by atoms with E-state index in [1.807, 2.05) is 6.92 Å². The van der Waals surface area contributed by atoms with E-state index in [0.717, 1.165) is 5.56 Å². The van der Waals surface area contributed by atoms with Gasteiger partial charge in [0.05, 0.1) is 9.79 Å². The summed E-state index contributed by atoms with van der Waals surface area (Å²) >= 11 is 0. The molecule has 22 heavy (non-hydrogen) atoms. The van der Waals surface area contributed by atoms with E-state index < -0.39 is 19.8 Å². The molecule has 0 radical (unpaired) electrons. The Morgan fingerprint density at radius 1 is 0.864 bits per heavy atom. The Morgan fingerprint density at radius 3 is 2.00 bits per heavy atom. The topological polar surface area (TPSA) is 63.6 Å². The first-order chi connectivity index (χ1) is 10.4. The SMILES string of the molecule is C/C=C/S(=O)(=NS(=O)(=O)c1ccc(C)cc1)c1ccccc1. The average molecular weight is 335 g/mol. The predicted molar refractivity (Wildman–Crippen MR) is 88.5 cm³/mol. The second-order valence-electron chi connectivity index (χ2n) is 4.71. The highest BCUT2D eigenvalue weighted by Crippen LogP contribution is 2.21. The molecule has 0 heterocycles. The van der Waals surface area contributed by atoms with Crippen LogP contribution < -0.4 is 0 Å². The van der Waals surface area contributed by atoms with Crippen LogP contribution >= 0.6 is 0 Å². The number of rotatable bonds is 4. The third-order valence-electron chi connectivity index (χ3n) is 2.93.